The summed E-state index contributed by atoms with van der Waals surface area (Å²) < 4.78 is 0.977. The van der Waals surface area contributed by atoms with Crippen molar-refractivity contribution in [3.8, 4) is 0 Å². The first-order valence-electron chi connectivity index (χ1n) is 6.55. The minimum atomic E-state index is -0.971. The topological polar surface area (TPSA) is 67.3 Å². The number of carboxylic acids is 1. The van der Waals surface area contributed by atoms with Crippen LogP contribution in [0, 0.1) is 0 Å². The summed E-state index contributed by atoms with van der Waals surface area (Å²) in [5.74, 6) is -1.13. The number of allylic oxidation sites excluding steroid dienone is 1. The van der Waals surface area contributed by atoms with Crippen LogP contribution in [-0.2, 0) is 0 Å². The number of carbonyl (C=O) groups excluding carboxylic acids is 1. The zero-order valence-electron chi connectivity index (χ0n) is 11.4. The molecule has 3 aromatic rings. The van der Waals surface area contributed by atoms with Crippen LogP contribution in [-0.4, -0.2) is 21.8 Å². The number of aromatic carboxylic acids is 1. The number of fused-ring (bicyclic) bond motifs is 1. The molecule has 108 valence electrons. The number of carbonyl (C=O) groups is 2. The average Bonchev–Trinajstić information content (AvgIpc) is 2.97. The maximum Gasteiger partial charge on any atom is 0.335 e. The van der Waals surface area contributed by atoms with E-state index in [0.717, 1.165) is 15.8 Å². The van der Waals surface area contributed by atoms with Gasteiger partial charge in [0.05, 0.1) is 15.8 Å². The summed E-state index contributed by atoms with van der Waals surface area (Å²) in [5, 5.41) is 9.28. The summed E-state index contributed by atoms with van der Waals surface area (Å²) in [6.45, 7) is 0. The van der Waals surface area contributed by atoms with Gasteiger partial charge in [-0.2, -0.15) is 0 Å². The van der Waals surface area contributed by atoms with Gasteiger partial charge in [-0.1, -0.05) is 30.3 Å². The Morgan fingerprint density at radius 2 is 1.77 bits per heavy atom. The van der Waals surface area contributed by atoms with Crippen LogP contribution in [0.15, 0.2) is 54.6 Å². The molecule has 0 aliphatic carbocycles. The van der Waals surface area contributed by atoms with Gasteiger partial charge in [-0.25, -0.2) is 9.78 Å². The van der Waals surface area contributed by atoms with Crippen molar-refractivity contribution in [1.82, 2.24) is 4.98 Å². The third kappa shape index (κ3) is 2.94. The maximum atomic E-state index is 12.1. The van der Waals surface area contributed by atoms with Gasteiger partial charge in [0, 0.05) is 0 Å². The zero-order chi connectivity index (χ0) is 15.5. The fourth-order valence-corrected chi connectivity index (χ4v) is 2.84. The van der Waals surface area contributed by atoms with Gasteiger partial charge in [0.2, 0.25) is 5.78 Å². The number of benzene rings is 2. The predicted octanol–water partition coefficient (Wildman–Crippen LogP) is 3.89. The standard InChI is InChI=1S/C17H11NO3S/c19-14(16-18-13-3-1-2-4-15(13)22-16)10-7-11-5-8-12(9-6-11)17(20)21/h1-10H,(H,20,21). The normalized spacial score (nSPS) is 11.1. The quantitative estimate of drug-likeness (QED) is 0.586. The van der Waals surface area contributed by atoms with Gasteiger partial charge in [0.1, 0.15) is 0 Å². The molecule has 1 heterocycles. The van der Waals surface area contributed by atoms with Crippen LogP contribution in [0.3, 0.4) is 0 Å². The van der Waals surface area contributed by atoms with Crippen molar-refractivity contribution in [3.63, 3.8) is 0 Å². The molecular formula is C17H11NO3S. The van der Waals surface area contributed by atoms with Gasteiger partial charge in [0.15, 0.2) is 5.01 Å². The molecule has 1 N–H and O–H groups in total. The van der Waals surface area contributed by atoms with E-state index in [2.05, 4.69) is 4.98 Å². The number of rotatable bonds is 4. The van der Waals surface area contributed by atoms with Crippen LogP contribution in [0.25, 0.3) is 16.3 Å². The van der Waals surface area contributed by atoms with E-state index in [9.17, 15) is 9.59 Å². The molecule has 0 fully saturated rings. The first-order chi connectivity index (χ1) is 10.6. The molecule has 0 saturated heterocycles. The lowest BCUT2D eigenvalue weighted by Gasteiger charge is -1.95. The second kappa shape index (κ2) is 5.91. The highest BCUT2D eigenvalue weighted by Gasteiger charge is 2.09. The molecular weight excluding hydrogens is 298 g/mol. The molecule has 2 aromatic carbocycles. The number of ketones is 1. The molecule has 0 spiro atoms. The molecule has 0 atom stereocenters. The number of para-hydroxylation sites is 1. The lowest BCUT2D eigenvalue weighted by molar-refractivity contribution is 0.0696. The highest BCUT2D eigenvalue weighted by atomic mass is 32.1. The molecule has 0 aliphatic heterocycles. The molecule has 0 amide bonds. The van der Waals surface area contributed by atoms with Gasteiger partial charge < -0.3 is 5.11 Å². The van der Waals surface area contributed by atoms with E-state index in [1.165, 1.54) is 29.5 Å². The van der Waals surface area contributed by atoms with E-state index >= 15 is 0 Å². The summed E-state index contributed by atoms with van der Waals surface area (Å²) in [4.78, 5) is 27.2. The highest BCUT2D eigenvalue weighted by molar-refractivity contribution is 7.20. The third-order valence-electron chi connectivity index (χ3n) is 3.09. The molecule has 22 heavy (non-hydrogen) atoms. The number of aromatic nitrogens is 1. The molecule has 0 unspecified atom stereocenters. The Hall–Kier alpha value is -2.79. The van der Waals surface area contributed by atoms with E-state index in [4.69, 9.17) is 5.11 Å². The second-order valence-corrected chi connectivity index (χ2v) is 5.64. The average molecular weight is 309 g/mol. The maximum absolute atomic E-state index is 12.1. The number of hydrogen-bond acceptors (Lipinski definition) is 4. The predicted molar refractivity (Wildman–Crippen MR) is 86.4 cm³/mol. The summed E-state index contributed by atoms with van der Waals surface area (Å²) in [6.07, 6.45) is 3.10. The van der Waals surface area contributed by atoms with E-state index in [1.807, 2.05) is 24.3 Å². The van der Waals surface area contributed by atoms with Gasteiger partial charge >= 0.3 is 5.97 Å². The third-order valence-corrected chi connectivity index (χ3v) is 4.14. The first kappa shape index (κ1) is 14.2. The Morgan fingerprint density at radius 3 is 2.45 bits per heavy atom. The van der Waals surface area contributed by atoms with Crippen LogP contribution in [0.5, 0.6) is 0 Å². The first-order valence-corrected chi connectivity index (χ1v) is 7.36. The molecule has 5 heteroatoms. The van der Waals surface area contributed by atoms with Crippen LogP contribution < -0.4 is 0 Å². The van der Waals surface area contributed by atoms with Crippen molar-refractivity contribution in [2.75, 3.05) is 0 Å². The van der Waals surface area contributed by atoms with Crippen molar-refractivity contribution in [2.45, 2.75) is 0 Å². The number of nitrogens with zero attached hydrogens (tertiary/aromatic N) is 1. The molecule has 0 radical (unpaired) electrons. The minimum Gasteiger partial charge on any atom is -0.478 e. The van der Waals surface area contributed by atoms with Crippen LogP contribution in [0.4, 0.5) is 0 Å². The van der Waals surface area contributed by atoms with E-state index < -0.39 is 5.97 Å². The van der Waals surface area contributed by atoms with E-state index in [0.29, 0.717) is 5.01 Å². The SMILES string of the molecule is O=C(O)c1ccc(C=CC(=O)c2nc3ccccc3s2)cc1. The van der Waals surface area contributed by atoms with Crippen molar-refractivity contribution in [2.24, 2.45) is 0 Å². The highest BCUT2D eigenvalue weighted by Crippen LogP contribution is 2.22. The lowest BCUT2D eigenvalue weighted by Crippen LogP contribution is -1.95. The van der Waals surface area contributed by atoms with Gasteiger partial charge in [-0.15, -0.1) is 11.3 Å². The van der Waals surface area contributed by atoms with Gasteiger partial charge in [0.25, 0.3) is 0 Å². The number of hydrogen-bond donors (Lipinski definition) is 1. The van der Waals surface area contributed by atoms with Crippen molar-refractivity contribution in [1.29, 1.82) is 0 Å². The Labute approximate surface area is 130 Å². The second-order valence-electron chi connectivity index (χ2n) is 4.61. The summed E-state index contributed by atoms with van der Waals surface area (Å²) in [5.41, 5.74) is 1.80. The van der Waals surface area contributed by atoms with Crippen LogP contribution in [0.1, 0.15) is 25.7 Å². The molecule has 3 rings (SSSR count). The van der Waals surface area contributed by atoms with Gasteiger partial charge in [-0.05, 0) is 35.9 Å². The van der Waals surface area contributed by atoms with Crippen molar-refractivity contribution in [3.05, 3.63) is 70.7 Å². The molecule has 0 saturated carbocycles. The number of carboxylic acid groups (broad SMARTS) is 1. The zero-order valence-corrected chi connectivity index (χ0v) is 12.2. The summed E-state index contributed by atoms with van der Waals surface area (Å²) in [7, 11) is 0. The molecule has 0 aliphatic rings. The summed E-state index contributed by atoms with van der Waals surface area (Å²) in [6, 6.07) is 13.9. The Bertz CT molecular complexity index is 845. The fraction of sp³-hybridized carbons (Fsp3) is 0. The van der Waals surface area contributed by atoms with Crippen LogP contribution >= 0.6 is 11.3 Å². The monoisotopic (exact) mass is 309 g/mol. The summed E-state index contributed by atoms with van der Waals surface area (Å²) >= 11 is 1.36. The van der Waals surface area contributed by atoms with E-state index in [1.54, 1.807) is 18.2 Å². The molecule has 1 aromatic heterocycles. The minimum absolute atomic E-state index is 0.163. The van der Waals surface area contributed by atoms with Crippen molar-refractivity contribution < 1.29 is 14.7 Å². The number of thiazole rings is 1. The Morgan fingerprint density at radius 1 is 1.05 bits per heavy atom. The fourth-order valence-electron chi connectivity index (χ4n) is 1.96. The van der Waals surface area contributed by atoms with E-state index in [-0.39, 0.29) is 11.3 Å². The Kier molecular flexibility index (Phi) is 3.80. The van der Waals surface area contributed by atoms with Gasteiger partial charge in [-0.3, -0.25) is 4.79 Å². The lowest BCUT2D eigenvalue weighted by atomic mass is 10.1. The van der Waals surface area contributed by atoms with Crippen LogP contribution in [0.2, 0.25) is 0 Å². The molecule has 0 bridgehead atoms. The van der Waals surface area contributed by atoms with Crippen molar-refractivity contribution >= 4 is 39.4 Å². The molecule has 4 nitrogen and oxygen atoms in total. The Balaban J connectivity index is 1.79. The smallest absolute Gasteiger partial charge is 0.335 e. The largest absolute Gasteiger partial charge is 0.478 e.